The van der Waals surface area contributed by atoms with E-state index in [1.54, 1.807) is 0 Å². The third-order valence-electron chi connectivity index (χ3n) is 10.4. The Kier molecular flexibility index (Phi) is 39.1. The highest BCUT2D eigenvalue weighted by Crippen LogP contribution is 2.17. The molecule has 0 aliphatic heterocycles. The SMILES string of the molecule is CCCC/C=C\CCCCCCCC(=O)NC(CO)C(O)C(O)CCCCCCCCCCCCCCCCCCCCCCCCCC. The van der Waals surface area contributed by atoms with Gasteiger partial charge < -0.3 is 20.6 Å². The molecule has 0 aromatic rings. The predicted octanol–water partition coefficient (Wildman–Crippen LogP) is 12.4. The van der Waals surface area contributed by atoms with E-state index >= 15 is 0 Å². The van der Waals surface area contributed by atoms with Gasteiger partial charge in [-0.2, -0.15) is 0 Å². The number of nitrogens with one attached hydrogen (secondary N) is 1. The molecular weight excluding hydrogens is 606 g/mol. The second-order valence-electron chi connectivity index (χ2n) is 15.3. The number of allylic oxidation sites excluding steroid dienone is 2. The van der Waals surface area contributed by atoms with Crippen LogP contribution >= 0.6 is 0 Å². The van der Waals surface area contributed by atoms with Gasteiger partial charge in [-0.15, -0.1) is 0 Å². The van der Waals surface area contributed by atoms with E-state index in [-0.39, 0.29) is 12.5 Å². The topological polar surface area (TPSA) is 89.8 Å². The third-order valence-corrected chi connectivity index (χ3v) is 10.4. The second kappa shape index (κ2) is 39.9. The molecule has 0 aliphatic rings. The van der Waals surface area contributed by atoms with Crippen molar-refractivity contribution in [3.05, 3.63) is 12.2 Å². The quantitative estimate of drug-likeness (QED) is 0.0380. The van der Waals surface area contributed by atoms with Crippen LogP contribution in [0.3, 0.4) is 0 Å². The Hall–Kier alpha value is -0.910. The average Bonchev–Trinajstić information content (AvgIpc) is 3.10. The van der Waals surface area contributed by atoms with Crippen LogP contribution < -0.4 is 5.32 Å². The van der Waals surface area contributed by atoms with Crippen molar-refractivity contribution in [3.8, 4) is 0 Å². The molecule has 5 heteroatoms. The summed E-state index contributed by atoms with van der Waals surface area (Å²) in [5.41, 5.74) is 0. The Balaban J connectivity index is 3.54. The Labute approximate surface area is 306 Å². The first-order chi connectivity index (χ1) is 24.1. The summed E-state index contributed by atoms with van der Waals surface area (Å²) in [5, 5.41) is 33.5. The van der Waals surface area contributed by atoms with Gasteiger partial charge in [-0.05, 0) is 32.1 Å². The van der Waals surface area contributed by atoms with Gasteiger partial charge >= 0.3 is 0 Å². The van der Waals surface area contributed by atoms with Crippen LogP contribution in [0.2, 0.25) is 0 Å². The van der Waals surface area contributed by atoms with Gasteiger partial charge in [-0.3, -0.25) is 4.79 Å². The number of aliphatic hydroxyl groups is 3. The molecule has 3 atom stereocenters. The van der Waals surface area contributed by atoms with Gasteiger partial charge in [0.05, 0.1) is 18.8 Å². The summed E-state index contributed by atoms with van der Waals surface area (Å²) in [4.78, 5) is 12.3. The van der Waals surface area contributed by atoms with Crippen molar-refractivity contribution >= 4 is 5.91 Å². The molecule has 292 valence electrons. The number of unbranched alkanes of at least 4 members (excludes halogenated alkanes) is 30. The van der Waals surface area contributed by atoms with Crippen LogP contribution in [0.4, 0.5) is 0 Å². The van der Waals surface area contributed by atoms with Crippen LogP contribution in [0.1, 0.15) is 239 Å². The molecule has 5 nitrogen and oxygen atoms in total. The van der Waals surface area contributed by atoms with E-state index in [2.05, 4.69) is 31.3 Å². The number of rotatable bonds is 40. The van der Waals surface area contributed by atoms with E-state index in [1.807, 2.05) is 0 Å². The number of carbonyl (C=O) groups is 1. The van der Waals surface area contributed by atoms with Gasteiger partial charge in [-0.1, -0.05) is 212 Å². The molecule has 0 fully saturated rings. The minimum absolute atomic E-state index is 0.154. The molecular formula is C44H87NO4. The van der Waals surface area contributed by atoms with E-state index < -0.39 is 18.2 Å². The molecule has 0 aromatic carbocycles. The summed E-state index contributed by atoms with van der Waals surface area (Å²) in [6, 6.07) is -0.809. The summed E-state index contributed by atoms with van der Waals surface area (Å²) < 4.78 is 0. The Morgan fingerprint density at radius 1 is 0.490 bits per heavy atom. The van der Waals surface area contributed by atoms with Gasteiger partial charge in [-0.25, -0.2) is 0 Å². The molecule has 0 saturated carbocycles. The van der Waals surface area contributed by atoms with Crippen molar-refractivity contribution < 1.29 is 20.1 Å². The first-order valence-electron chi connectivity index (χ1n) is 22.0. The standard InChI is InChI=1S/C44H87NO4/c1-3-5-7-9-11-13-15-16-17-18-19-20-21-22-23-24-25-26-27-29-30-32-34-36-38-42(47)44(49)41(40-46)45-43(48)39-37-35-33-31-28-14-12-10-8-6-4-2/h10,12,41-42,44,46-47,49H,3-9,11,13-40H2,1-2H3,(H,45,48)/b12-10-. The van der Waals surface area contributed by atoms with Gasteiger partial charge in [0.2, 0.25) is 5.91 Å². The summed E-state index contributed by atoms with van der Waals surface area (Å²) in [5.74, 6) is -0.154. The van der Waals surface area contributed by atoms with E-state index in [0.29, 0.717) is 12.8 Å². The van der Waals surface area contributed by atoms with Crippen LogP contribution in [0.5, 0.6) is 0 Å². The third kappa shape index (κ3) is 35.3. The fraction of sp³-hybridized carbons (Fsp3) is 0.932. The fourth-order valence-corrected chi connectivity index (χ4v) is 6.91. The lowest BCUT2D eigenvalue weighted by Gasteiger charge is -2.26. The molecule has 0 rings (SSSR count). The second-order valence-corrected chi connectivity index (χ2v) is 15.3. The molecule has 0 spiro atoms. The lowest BCUT2D eigenvalue weighted by molar-refractivity contribution is -0.124. The average molecular weight is 694 g/mol. The summed E-state index contributed by atoms with van der Waals surface area (Å²) >= 11 is 0. The normalized spacial score (nSPS) is 13.7. The van der Waals surface area contributed by atoms with Crippen molar-refractivity contribution in [2.45, 2.75) is 257 Å². The van der Waals surface area contributed by atoms with Crippen molar-refractivity contribution in [2.75, 3.05) is 6.61 Å². The number of carbonyl (C=O) groups excluding carboxylic acids is 1. The van der Waals surface area contributed by atoms with Crippen molar-refractivity contribution in [1.82, 2.24) is 5.32 Å². The zero-order valence-electron chi connectivity index (χ0n) is 33.1. The van der Waals surface area contributed by atoms with Crippen molar-refractivity contribution in [1.29, 1.82) is 0 Å². The molecule has 49 heavy (non-hydrogen) atoms. The zero-order chi connectivity index (χ0) is 35.9. The van der Waals surface area contributed by atoms with Gasteiger partial charge in [0.25, 0.3) is 0 Å². The summed E-state index contributed by atoms with van der Waals surface area (Å²) in [6.07, 6.45) is 46.2. The molecule has 4 N–H and O–H groups in total. The molecule has 0 heterocycles. The summed E-state index contributed by atoms with van der Waals surface area (Å²) in [6.45, 7) is 4.14. The highest BCUT2D eigenvalue weighted by molar-refractivity contribution is 5.76. The fourth-order valence-electron chi connectivity index (χ4n) is 6.91. The number of amides is 1. The minimum Gasteiger partial charge on any atom is -0.394 e. The van der Waals surface area contributed by atoms with Crippen LogP contribution in [-0.2, 0) is 4.79 Å². The largest absolute Gasteiger partial charge is 0.394 e. The van der Waals surface area contributed by atoms with E-state index in [1.165, 1.54) is 167 Å². The number of hydrogen-bond donors (Lipinski definition) is 4. The molecule has 0 aromatic heterocycles. The van der Waals surface area contributed by atoms with Crippen LogP contribution in [0.15, 0.2) is 12.2 Å². The summed E-state index contributed by atoms with van der Waals surface area (Å²) in [7, 11) is 0. The zero-order valence-corrected chi connectivity index (χ0v) is 33.1. The molecule has 1 amide bonds. The molecule has 0 bridgehead atoms. The van der Waals surface area contributed by atoms with Crippen LogP contribution in [0.25, 0.3) is 0 Å². The van der Waals surface area contributed by atoms with Gasteiger partial charge in [0.1, 0.15) is 6.10 Å². The first kappa shape index (κ1) is 48.1. The van der Waals surface area contributed by atoms with Crippen molar-refractivity contribution in [2.24, 2.45) is 0 Å². The molecule has 0 saturated heterocycles. The monoisotopic (exact) mass is 694 g/mol. The van der Waals surface area contributed by atoms with Crippen molar-refractivity contribution in [3.63, 3.8) is 0 Å². The lowest BCUT2D eigenvalue weighted by atomic mass is 9.99. The van der Waals surface area contributed by atoms with E-state index in [0.717, 1.165) is 44.9 Å². The number of aliphatic hydroxyl groups excluding tert-OH is 3. The van der Waals surface area contributed by atoms with Crippen LogP contribution in [-0.4, -0.2) is 46.1 Å². The number of hydrogen-bond acceptors (Lipinski definition) is 4. The van der Waals surface area contributed by atoms with Gasteiger partial charge in [0, 0.05) is 6.42 Å². The highest BCUT2D eigenvalue weighted by atomic mass is 16.3. The Morgan fingerprint density at radius 3 is 1.24 bits per heavy atom. The maximum atomic E-state index is 12.3. The van der Waals surface area contributed by atoms with Crippen LogP contribution in [0, 0.1) is 0 Å². The Morgan fingerprint density at radius 2 is 0.837 bits per heavy atom. The maximum Gasteiger partial charge on any atom is 0.220 e. The van der Waals surface area contributed by atoms with E-state index in [9.17, 15) is 20.1 Å². The highest BCUT2D eigenvalue weighted by Gasteiger charge is 2.26. The lowest BCUT2D eigenvalue weighted by Crippen LogP contribution is -2.50. The van der Waals surface area contributed by atoms with E-state index in [4.69, 9.17) is 0 Å². The Bertz CT molecular complexity index is 684. The molecule has 0 aliphatic carbocycles. The predicted molar refractivity (Wildman–Crippen MR) is 213 cm³/mol. The molecule has 0 radical (unpaired) electrons. The maximum absolute atomic E-state index is 12.3. The minimum atomic E-state index is -1.14. The smallest absolute Gasteiger partial charge is 0.220 e. The van der Waals surface area contributed by atoms with Gasteiger partial charge in [0.15, 0.2) is 0 Å². The molecule has 3 unspecified atom stereocenters. The first-order valence-corrected chi connectivity index (χ1v) is 22.0.